The fraction of sp³-hybridized carbons (Fsp3) is 0.467. The topological polar surface area (TPSA) is 49.7 Å². The number of carbonyl (C=O) groups is 1. The van der Waals surface area contributed by atoms with Gasteiger partial charge in [0.15, 0.2) is 0 Å². The molecule has 0 aromatic heterocycles. The van der Waals surface area contributed by atoms with Gasteiger partial charge in [0.1, 0.15) is 0 Å². The van der Waals surface area contributed by atoms with E-state index in [2.05, 4.69) is 11.9 Å². The molecule has 3 heteroatoms. The Balaban J connectivity index is 2.40. The average Bonchev–Trinajstić information content (AvgIpc) is 2.38. The summed E-state index contributed by atoms with van der Waals surface area (Å²) < 4.78 is 0. The summed E-state index contributed by atoms with van der Waals surface area (Å²) in [5.41, 5.74) is 0.804. The van der Waals surface area contributed by atoms with Gasteiger partial charge in [0, 0.05) is 6.21 Å². The number of hydrogen-bond acceptors (Lipinski definition) is 2. The first-order valence-electron chi connectivity index (χ1n) is 6.60. The van der Waals surface area contributed by atoms with E-state index < -0.39 is 5.97 Å². The second-order valence-electron chi connectivity index (χ2n) is 4.34. The number of rotatable bonds is 8. The van der Waals surface area contributed by atoms with Gasteiger partial charge in [-0.3, -0.25) is 4.99 Å². The molecule has 0 amide bonds. The number of para-hydroxylation sites is 1. The van der Waals surface area contributed by atoms with Gasteiger partial charge in [0.2, 0.25) is 0 Å². The van der Waals surface area contributed by atoms with Crippen molar-refractivity contribution in [1.82, 2.24) is 0 Å². The van der Waals surface area contributed by atoms with Crippen molar-refractivity contribution in [2.75, 3.05) is 0 Å². The van der Waals surface area contributed by atoms with Gasteiger partial charge in [0.25, 0.3) is 0 Å². The van der Waals surface area contributed by atoms with Crippen LogP contribution in [0, 0.1) is 0 Å². The number of hydrogen-bond donors (Lipinski definition) is 1. The predicted molar refractivity (Wildman–Crippen MR) is 74.9 cm³/mol. The van der Waals surface area contributed by atoms with Crippen LogP contribution in [0.5, 0.6) is 0 Å². The SMILES string of the molecule is CCCCCCCC=Nc1ccccc1C(=O)O. The third-order valence-electron chi connectivity index (χ3n) is 2.80. The van der Waals surface area contributed by atoms with Crippen LogP contribution in [-0.2, 0) is 0 Å². The first-order chi connectivity index (χ1) is 8.75. The average molecular weight is 247 g/mol. The molecule has 3 nitrogen and oxygen atoms in total. The molecule has 1 rings (SSSR count). The van der Waals surface area contributed by atoms with Gasteiger partial charge in [-0.05, 0) is 25.0 Å². The molecule has 1 N–H and O–H groups in total. The molecule has 0 saturated carbocycles. The van der Waals surface area contributed by atoms with Crippen LogP contribution in [0.3, 0.4) is 0 Å². The highest BCUT2D eigenvalue weighted by molar-refractivity contribution is 5.94. The molecule has 0 fully saturated rings. The third-order valence-corrected chi connectivity index (χ3v) is 2.80. The van der Waals surface area contributed by atoms with Gasteiger partial charge in [-0.25, -0.2) is 4.79 Å². The lowest BCUT2D eigenvalue weighted by Crippen LogP contribution is -1.95. The fourth-order valence-electron chi connectivity index (χ4n) is 1.77. The minimum Gasteiger partial charge on any atom is -0.478 e. The molecule has 98 valence electrons. The highest BCUT2D eigenvalue weighted by atomic mass is 16.4. The molecular formula is C15H21NO2. The van der Waals surface area contributed by atoms with E-state index >= 15 is 0 Å². The van der Waals surface area contributed by atoms with E-state index in [0.29, 0.717) is 5.69 Å². The monoisotopic (exact) mass is 247 g/mol. The quantitative estimate of drug-likeness (QED) is 0.545. The van der Waals surface area contributed by atoms with Crippen LogP contribution in [-0.4, -0.2) is 17.3 Å². The molecule has 1 aromatic carbocycles. The predicted octanol–water partition coefficient (Wildman–Crippen LogP) is 4.45. The Morgan fingerprint density at radius 3 is 2.67 bits per heavy atom. The molecule has 0 aliphatic heterocycles. The van der Waals surface area contributed by atoms with Crippen molar-refractivity contribution in [3.8, 4) is 0 Å². The van der Waals surface area contributed by atoms with E-state index in [0.717, 1.165) is 12.8 Å². The summed E-state index contributed by atoms with van der Waals surface area (Å²) in [7, 11) is 0. The zero-order valence-corrected chi connectivity index (χ0v) is 10.9. The maximum Gasteiger partial charge on any atom is 0.337 e. The van der Waals surface area contributed by atoms with Crippen molar-refractivity contribution in [3.05, 3.63) is 29.8 Å². The summed E-state index contributed by atoms with van der Waals surface area (Å²) in [5.74, 6) is -0.925. The van der Waals surface area contributed by atoms with Crippen molar-refractivity contribution in [2.45, 2.75) is 45.4 Å². The van der Waals surface area contributed by atoms with Crippen LogP contribution in [0.25, 0.3) is 0 Å². The second-order valence-corrected chi connectivity index (χ2v) is 4.34. The smallest absolute Gasteiger partial charge is 0.337 e. The number of nitrogens with zero attached hydrogens (tertiary/aromatic N) is 1. The molecule has 0 saturated heterocycles. The lowest BCUT2D eigenvalue weighted by Gasteiger charge is -1.99. The second kappa shape index (κ2) is 8.45. The summed E-state index contributed by atoms with van der Waals surface area (Å²) in [5, 5.41) is 8.99. The number of benzene rings is 1. The van der Waals surface area contributed by atoms with Crippen LogP contribution in [0.15, 0.2) is 29.3 Å². The summed E-state index contributed by atoms with van der Waals surface area (Å²) >= 11 is 0. The normalized spacial score (nSPS) is 10.9. The zero-order chi connectivity index (χ0) is 13.2. The van der Waals surface area contributed by atoms with Crippen molar-refractivity contribution in [3.63, 3.8) is 0 Å². The van der Waals surface area contributed by atoms with Gasteiger partial charge < -0.3 is 5.11 Å². The minimum absolute atomic E-state index is 0.264. The molecule has 1 aromatic rings. The van der Waals surface area contributed by atoms with Crippen LogP contribution in [0.4, 0.5) is 5.69 Å². The Bertz CT molecular complexity index is 399. The maximum absolute atomic E-state index is 11.0. The van der Waals surface area contributed by atoms with Gasteiger partial charge in [-0.2, -0.15) is 0 Å². The number of aliphatic imine (C=N–C) groups is 1. The lowest BCUT2D eigenvalue weighted by atomic mass is 10.1. The largest absolute Gasteiger partial charge is 0.478 e. The van der Waals surface area contributed by atoms with Crippen molar-refractivity contribution >= 4 is 17.9 Å². The minimum atomic E-state index is -0.925. The Morgan fingerprint density at radius 2 is 1.94 bits per heavy atom. The summed E-state index contributed by atoms with van der Waals surface area (Å²) in [4.78, 5) is 15.2. The Kier molecular flexibility index (Phi) is 6.77. The van der Waals surface area contributed by atoms with E-state index in [9.17, 15) is 4.79 Å². The van der Waals surface area contributed by atoms with Gasteiger partial charge in [0.05, 0.1) is 11.3 Å². The van der Waals surface area contributed by atoms with Crippen LogP contribution < -0.4 is 0 Å². The molecule has 0 unspecified atom stereocenters. The van der Waals surface area contributed by atoms with E-state index in [1.165, 1.54) is 25.7 Å². The molecule has 0 bridgehead atoms. The highest BCUT2D eigenvalue weighted by Crippen LogP contribution is 2.18. The number of carboxylic acids is 1. The maximum atomic E-state index is 11.0. The van der Waals surface area contributed by atoms with Crippen LogP contribution in [0.1, 0.15) is 55.8 Å². The molecule has 0 heterocycles. The first kappa shape index (κ1) is 14.4. The fourth-order valence-corrected chi connectivity index (χ4v) is 1.77. The number of unbranched alkanes of at least 4 members (excludes halogenated alkanes) is 5. The molecule has 0 radical (unpaired) electrons. The van der Waals surface area contributed by atoms with Gasteiger partial charge in [-0.15, -0.1) is 0 Å². The van der Waals surface area contributed by atoms with E-state index in [4.69, 9.17) is 5.11 Å². The van der Waals surface area contributed by atoms with E-state index in [-0.39, 0.29) is 5.56 Å². The molecule has 0 spiro atoms. The number of aromatic carboxylic acids is 1. The molecule has 18 heavy (non-hydrogen) atoms. The Morgan fingerprint density at radius 1 is 1.22 bits per heavy atom. The van der Waals surface area contributed by atoms with Crippen LogP contribution >= 0.6 is 0 Å². The van der Waals surface area contributed by atoms with E-state index in [1.807, 2.05) is 6.21 Å². The van der Waals surface area contributed by atoms with Crippen molar-refractivity contribution in [2.24, 2.45) is 4.99 Å². The van der Waals surface area contributed by atoms with Crippen molar-refractivity contribution < 1.29 is 9.90 Å². The van der Waals surface area contributed by atoms with Gasteiger partial charge >= 0.3 is 5.97 Å². The molecule has 0 aliphatic carbocycles. The molecule has 0 aliphatic rings. The number of carboxylic acid groups (broad SMARTS) is 1. The first-order valence-corrected chi connectivity index (χ1v) is 6.60. The van der Waals surface area contributed by atoms with E-state index in [1.54, 1.807) is 24.3 Å². The van der Waals surface area contributed by atoms with Crippen LogP contribution in [0.2, 0.25) is 0 Å². The van der Waals surface area contributed by atoms with Gasteiger partial charge in [-0.1, -0.05) is 44.7 Å². The summed E-state index contributed by atoms with van der Waals surface area (Å²) in [6.45, 7) is 2.20. The Labute approximate surface area is 109 Å². The third kappa shape index (κ3) is 5.13. The summed E-state index contributed by atoms with van der Waals surface area (Å²) in [6.07, 6.45) is 8.90. The summed E-state index contributed by atoms with van der Waals surface area (Å²) in [6, 6.07) is 6.83. The zero-order valence-electron chi connectivity index (χ0n) is 10.9. The van der Waals surface area contributed by atoms with Crippen molar-refractivity contribution in [1.29, 1.82) is 0 Å². The lowest BCUT2D eigenvalue weighted by molar-refractivity contribution is 0.0698. The molecular weight excluding hydrogens is 226 g/mol. The highest BCUT2D eigenvalue weighted by Gasteiger charge is 2.06. The Hall–Kier alpha value is -1.64. The standard InChI is InChI=1S/C15H21NO2/c1-2-3-4-5-6-9-12-16-14-11-8-7-10-13(14)15(17)18/h7-8,10-12H,2-6,9H2,1H3,(H,17,18). The molecule has 0 atom stereocenters.